The lowest BCUT2D eigenvalue weighted by molar-refractivity contribution is -0.119. The van der Waals surface area contributed by atoms with Crippen molar-refractivity contribution in [3.05, 3.63) is 111 Å². The van der Waals surface area contributed by atoms with E-state index in [1.807, 2.05) is 30.3 Å². The van der Waals surface area contributed by atoms with Gasteiger partial charge in [0.05, 0.1) is 0 Å². The van der Waals surface area contributed by atoms with Gasteiger partial charge in [0, 0.05) is 51.5 Å². The summed E-state index contributed by atoms with van der Waals surface area (Å²) in [6.07, 6.45) is 2.55. The van der Waals surface area contributed by atoms with Crippen molar-refractivity contribution in [1.82, 2.24) is 0 Å². The smallest absolute Gasteiger partial charge is 0.162 e. The highest BCUT2D eigenvalue weighted by molar-refractivity contribution is 9.10. The Bertz CT molecular complexity index is 1470. The molecule has 1 aliphatic heterocycles. The Morgan fingerprint density at radius 1 is 0.641 bits per heavy atom. The highest BCUT2D eigenvalue weighted by Crippen LogP contribution is 2.55. The Morgan fingerprint density at radius 3 is 1.64 bits per heavy atom. The van der Waals surface area contributed by atoms with Gasteiger partial charge in [-0.15, -0.1) is 0 Å². The molecule has 0 unspecified atom stereocenters. The molecule has 0 amide bonds. The average molecular weight is 581 g/mol. The van der Waals surface area contributed by atoms with Gasteiger partial charge in [0.1, 0.15) is 0 Å². The molecule has 0 spiro atoms. The SMILES string of the molecule is CC1(C)CC(=O)C2=C(C1)N(c1ccc(Br)cc1)C1=C(C(=O)CC(C)(C)C1)C2c1ccc(-c2ccccc2)cc1. The molecule has 3 nitrogen and oxygen atoms in total. The topological polar surface area (TPSA) is 37.4 Å². The number of allylic oxidation sites excluding steroid dienone is 4. The number of ketones is 2. The second kappa shape index (κ2) is 9.45. The number of rotatable bonds is 3. The maximum Gasteiger partial charge on any atom is 0.162 e. The third-order valence-electron chi connectivity index (χ3n) is 8.35. The molecule has 6 rings (SSSR count). The molecule has 198 valence electrons. The van der Waals surface area contributed by atoms with E-state index in [1.165, 1.54) is 0 Å². The number of benzene rings is 3. The number of hydrogen-bond donors (Lipinski definition) is 0. The normalized spacial score (nSPS) is 20.7. The van der Waals surface area contributed by atoms with E-state index < -0.39 is 0 Å². The number of Topliss-reactive ketones (excluding diaryl/α,β-unsaturated/α-hetero) is 2. The number of halogens is 1. The van der Waals surface area contributed by atoms with Crippen molar-refractivity contribution in [2.24, 2.45) is 10.8 Å². The second-order valence-electron chi connectivity index (χ2n) is 12.8. The monoisotopic (exact) mass is 579 g/mol. The molecule has 3 aromatic carbocycles. The third-order valence-corrected chi connectivity index (χ3v) is 8.87. The number of carbonyl (C=O) groups excluding carboxylic acids is 2. The first-order valence-corrected chi connectivity index (χ1v) is 14.6. The molecule has 0 aromatic heterocycles. The van der Waals surface area contributed by atoms with Gasteiger partial charge in [0.2, 0.25) is 0 Å². The maximum atomic E-state index is 14.0. The predicted octanol–water partition coefficient (Wildman–Crippen LogP) is 9.01. The zero-order chi connectivity index (χ0) is 27.5. The maximum absolute atomic E-state index is 14.0. The van der Waals surface area contributed by atoms with E-state index in [-0.39, 0.29) is 28.3 Å². The molecular weight excluding hydrogens is 546 g/mol. The van der Waals surface area contributed by atoms with E-state index in [0.29, 0.717) is 12.8 Å². The third kappa shape index (κ3) is 4.74. The van der Waals surface area contributed by atoms with Crippen LogP contribution in [0.25, 0.3) is 11.1 Å². The molecule has 1 heterocycles. The Labute approximate surface area is 239 Å². The first-order valence-electron chi connectivity index (χ1n) is 13.8. The first-order chi connectivity index (χ1) is 18.5. The van der Waals surface area contributed by atoms with Crippen molar-refractivity contribution >= 4 is 33.2 Å². The molecule has 2 aliphatic carbocycles. The lowest BCUT2D eigenvalue weighted by Crippen LogP contribution is -2.44. The van der Waals surface area contributed by atoms with Gasteiger partial charge in [-0.3, -0.25) is 9.59 Å². The standard InChI is InChI=1S/C35H34BrNO2/c1-34(2)18-27-32(29(38)20-34)31(24-12-10-23(11-13-24)22-8-6-5-7-9-22)33-28(19-35(3,4)21-30(33)39)37(27)26-16-14-25(36)15-17-26/h5-17,31H,18-21H2,1-4H3. The largest absolute Gasteiger partial charge is 0.317 e. The zero-order valence-electron chi connectivity index (χ0n) is 23.1. The van der Waals surface area contributed by atoms with E-state index in [9.17, 15) is 9.59 Å². The Balaban J connectivity index is 1.58. The van der Waals surface area contributed by atoms with Crippen LogP contribution in [0.1, 0.15) is 64.9 Å². The summed E-state index contributed by atoms with van der Waals surface area (Å²) in [6.45, 7) is 8.71. The van der Waals surface area contributed by atoms with Crippen LogP contribution in [0, 0.1) is 10.8 Å². The van der Waals surface area contributed by atoms with Crippen LogP contribution in [0.5, 0.6) is 0 Å². The Morgan fingerprint density at radius 2 is 1.13 bits per heavy atom. The molecule has 39 heavy (non-hydrogen) atoms. The summed E-state index contributed by atoms with van der Waals surface area (Å²) < 4.78 is 1.00. The van der Waals surface area contributed by atoms with E-state index in [1.54, 1.807) is 0 Å². The van der Waals surface area contributed by atoms with Gasteiger partial charge in [0.15, 0.2) is 11.6 Å². The zero-order valence-corrected chi connectivity index (χ0v) is 24.6. The molecule has 3 aromatic rings. The van der Waals surface area contributed by atoms with Crippen molar-refractivity contribution in [3.8, 4) is 11.1 Å². The van der Waals surface area contributed by atoms with E-state index in [0.717, 1.165) is 62.2 Å². The van der Waals surface area contributed by atoms with Gasteiger partial charge < -0.3 is 4.90 Å². The average Bonchev–Trinajstić information content (AvgIpc) is 2.88. The van der Waals surface area contributed by atoms with Crippen LogP contribution < -0.4 is 4.90 Å². The van der Waals surface area contributed by atoms with Gasteiger partial charge in [-0.05, 0) is 64.6 Å². The fraction of sp³-hybridized carbons (Fsp3) is 0.314. The van der Waals surface area contributed by atoms with Crippen molar-refractivity contribution in [3.63, 3.8) is 0 Å². The van der Waals surface area contributed by atoms with Crippen molar-refractivity contribution in [2.45, 2.75) is 59.3 Å². The molecule has 3 aliphatic rings. The lowest BCUT2D eigenvalue weighted by Gasteiger charge is -2.49. The van der Waals surface area contributed by atoms with Crippen LogP contribution in [-0.4, -0.2) is 11.6 Å². The fourth-order valence-corrected chi connectivity index (χ4v) is 6.96. The second-order valence-corrected chi connectivity index (χ2v) is 13.8. The Hall–Kier alpha value is -3.24. The molecular formula is C35H34BrNO2. The molecule has 0 N–H and O–H groups in total. The molecule has 0 fully saturated rings. The summed E-state index contributed by atoms with van der Waals surface area (Å²) in [4.78, 5) is 30.3. The van der Waals surface area contributed by atoms with Crippen LogP contribution in [-0.2, 0) is 9.59 Å². The van der Waals surface area contributed by atoms with Crippen LogP contribution in [0.15, 0.2) is 106 Å². The van der Waals surface area contributed by atoms with Crippen LogP contribution >= 0.6 is 15.9 Å². The van der Waals surface area contributed by atoms with E-state index in [4.69, 9.17) is 0 Å². The minimum atomic E-state index is -0.335. The minimum Gasteiger partial charge on any atom is -0.317 e. The summed E-state index contributed by atoms with van der Waals surface area (Å²) in [5.74, 6) is -0.0203. The molecule has 0 saturated carbocycles. The predicted molar refractivity (Wildman–Crippen MR) is 161 cm³/mol. The molecule has 0 bridgehead atoms. The van der Waals surface area contributed by atoms with Gasteiger partial charge in [-0.1, -0.05) is 98.2 Å². The van der Waals surface area contributed by atoms with E-state index in [2.05, 4.69) is 97.1 Å². The molecule has 0 atom stereocenters. The summed E-state index contributed by atoms with van der Waals surface area (Å²) in [5, 5.41) is 0. The summed E-state index contributed by atoms with van der Waals surface area (Å²) in [6, 6.07) is 27.1. The van der Waals surface area contributed by atoms with Crippen molar-refractivity contribution < 1.29 is 9.59 Å². The van der Waals surface area contributed by atoms with E-state index >= 15 is 0 Å². The first kappa shape index (κ1) is 26.0. The van der Waals surface area contributed by atoms with Crippen molar-refractivity contribution in [1.29, 1.82) is 0 Å². The highest BCUT2D eigenvalue weighted by atomic mass is 79.9. The number of carbonyl (C=O) groups is 2. The molecule has 4 heteroatoms. The lowest BCUT2D eigenvalue weighted by atomic mass is 9.63. The minimum absolute atomic E-state index is 0.155. The van der Waals surface area contributed by atoms with Gasteiger partial charge in [0.25, 0.3) is 0 Å². The van der Waals surface area contributed by atoms with Crippen LogP contribution in [0.2, 0.25) is 0 Å². The van der Waals surface area contributed by atoms with Crippen LogP contribution in [0.3, 0.4) is 0 Å². The molecule has 0 radical (unpaired) electrons. The quantitative estimate of drug-likeness (QED) is 0.310. The van der Waals surface area contributed by atoms with Gasteiger partial charge in [-0.2, -0.15) is 0 Å². The van der Waals surface area contributed by atoms with Gasteiger partial charge >= 0.3 is 0 Å². The summed E-state index contributed by atoms with van der Waals surface area (Å²) >= 11 is 3.57. The summed E-state index contributed by atoms with van der Waals surface area (Å²) in [5.41, 5.74) is 7.71. The van der Waals surface area contributed by atoms with Crippen LogP contribution in [0.4, 0.5) is 5.69 Å². The summed E-state index contributed by atoms with van der Waals surface area (Å²) in [7, 11) is 0. The highest BCUT2D eigenvalue weighted by Gasteiger charge is 2.49. The number of hydrogen-bond acceptors (Lipinski definition) is 3. The fourth-order valence-electron chi connectivity index (χ4n) is 6.70. The number of anilines is 1. The molecule has 0 saturated heterocycles. The van der Waals surface area contributed by atoms with Crippen molar-refractivity contribution in [2.75, 3.05) is 4.90 Å². The number of nitrogens with zero attached hydrogens (tertiary/aromatic N) is 1. The van der Waals surface area contributed by atoms with Gasteiger partial charge in [-0.25, -0.2) is 0 Å². The Kier molecular flexibility index (Phi) is 6.30.